The Morgan fingerprint density at radius 2 is 2.05 bits per heavy atom. The van der Waals surface area contributed by atoms with E-state index in [4.69, 9.17) is 0 Å². The molecule has 0 aliphatic heterocycles. The third-order valence-corrected chi connectivity index (χ3v) is 2.55. The summed E-state index contributed by atoms with van der Waals surface area (Å²) in [6.07, 6.45) is 7.52. The highest BCUT2D eigenvalue weighted by Gasteiger charge is 2.11. The van der Waals surface area contributed by atoms with Gasteiger partial charge in [-0.1, -0.05) is 6.92 Å². The van der Waals surface area contributed by atoms with E-state index >= 15 is 0 Å². The summed E-state index contributed by atoms with van der Waals surface area (Å²) in [5.74, 6) is -0.172. The van der Waals surface area contributed by atoms with Crippen molar-refractivity contribution >= 4 is 17.3 Å². The molecule has 0 aliphatic carbocycles. The van der Waals surface area contributed by atoms with Gasteiger partial charge in [0.05, 0.1) is 29.3 Å². The highest BCUT2D eigenvalue weighted by molar-refractivity contribution is 6.07. The molecule has 2 rings (SSSR count). The highest BCUT2D eigenvalue weighted by atomic mass is 16.1. The molecule has 0 aromatic carbocycles. The van der Waals surface area contributed by atoms with Gasteiger partial charge in [-0.2, -0.15) is 0 Å². The maximum absolute atomic E-state index is 12.2. The van der Waals surface area contributed by atoms with Crippen LogP contribution in [0.5, 0.6) is 0 Å². The van der Waals surface area contributed by atoms with E-state index in [9.17, 15) is 4.79 Å². The lowest BCUT2D eigenvalue weighted by molar-refractivity contribution is 0.102. The van der Waals surface area contributed by atoms with Gasteiger partial charge in [-0.25, -0.2) is 0 Å². The SMILES string of the molecule is CCCNc1cnccc1C(=O)Nc1cccnc1. The molecule has 0 fully saturated rings. The van der Waals surface area contributed by atoms with Crippen molar-refractivity contribution in [1.29, 1.82) is 0 Å². The van der Waals surface area contributed by atoms with Gasteiger partial charge >= 0.3 is 0 Å². The van der Waals surface area contributed by atoms with Crippen LogP contribution in [0.25, 0.3) is 0 Å². The number of nitrogens with zero attached hydrogens (tertiary/aromatic N) is 2. The van der Waals surface area contributed by atoms with Crippen molar-refractivity contribution in [3.05, 3.63) is 48.5 Å². The lowest BCUT2D eigenvalue weighted by Crippen LogP contribution is -2.15. The Morgan fingerprint density at radius 1 is 1.21 bits per heavy atom. The minimum atomic E-state index is -0.172. The molecule has 98 valence electrons. The van der Waals surface area contributed by atoms with Crippen LogP contribution in [0, 0.1) is 0 Å². The average Bonchev–Trinajstić information content (AvgIpc) is 2.46. The van der Waals surface area contributed by atoms with Crippen LogP contribution in [0.3, 0.4) is 0 Å². The number of pyridine rings is 2. The number of nitrogens with one attached hydrogen (secondary N) is 2. The van der Waals surface area contributed by atoms with Crippen molar-refractivity contribution in [2.75, 3.05) is 17.2 Å². The van der Waals surface area contributed by atoms with Crippen LogP contribution in [0.15, 0.2) is 43.0 Å². The zero-order valence-corrected chi connectivity index (χ0v) is 10.8. The van der Waals surface area contributed by atoms with Gasteiger partial charge in [0.2, 0.25) is 0 Å². The monoisotopic (exact) mass is 256 g/mol. The fourth-order valence-electron chi connectivity index (χ4n) is 1.63. The molecule has 5 heteroatoms. The number of hydrogen-bond acceptors (Lipinski definition) is 4. The van der Waals surface area contributed by atoms with Crippen molar-refractivity contribution in [2.45, 2.75) is 13.3 Å². The third kappa shape index (κ3) is 3.51. The van der Waals surface area contributed by atoms with Gasteiger partial charge in [-0.05, 0) is 24.6 Å². The normalized spacial score (nSPS) is 9.95. The topological polar surface area (TPSA) is 66.9 Å². The molecule has 1 amide bonds. The lowest BCUT2D eigenvalue weighted by atomic mass is 10.2. The standard InChI is InChI=1S/C14H16N4O/c1-2-6-17-13-10-16-8-5-12(13)14(19)18-11-4-3-7-15-9-11/h3-5,7-10,17H,2,6H2,1H3,(H,18,19). The largest absolute Gasteiger partial charge is 0.383 e. The van der Waals surface area contributed by atoms with Crippen molar-refractivity contribution in [2.24, 2.45) is 0 Å². The zero-order valence-electron chi connectivity index (χ0n) is 10.8. The summed E-state index contributed by atoms with van der Waals surface area (Å²) in [7, 11) is 0. The molecule has 19 heavy (non-hydrogen) atoms. The zero-order chi connectivity index (χ0) is 13.5. The summed E-state index contributed by atoms with van der Waals surface area (Å²) >= 11 is 0. The van der Waals surface area contributed by atoms with Gasteiger partial charge in [-0.3, -0.25) is 14.8 Å². The smallest absolute Gasteiger partial charge is 0.257 e. The second-order valence-electron chi connectivity index (χ2n) is 4.04. The summed E-state index contributed by atoms with van der Waals surface area (Å²) in [4.78, 5) is 20.2. The second-order valence-corrected chi connectivity index (χ2v) is 4.04. The summed E-state index contributed by atoms with van der Waals surface area (Å²) in [6, 6.07) is 5.27. The van der Waals surface area contributed by atoms with Crippen LogP contribution in [-0.4, -0.2) is 22.4 Å². The minimum Gasteiger partial charge on any atom is -0.383 e. The first-order chi connectivity index (χ1) is 9.31. The molecule has 2 N–H and O–H groups in total. The van der Waals surface area contributed by atoms with Crippen molar-refractivity contribution < 1.29 is 4.79 Å². The van der Waals surface area contributed by atoms with Gasteiger partial charge in [0.1, 0.15) is 0 Å². The number of rotatable bonds is 5. The van der Waals surface area contributed by atoms with Crippen LogP contribution in [0.4, 0.5) is 11.4 Å². The predicted molar refractivity (Wildman–Crippen MR) is 75.2 cm³/mol. The molecule has 2 heterocycles. The van der Waals surface area contributed by atoms with Gasteiger partial charge in [-0.15, -0.1) is 0 Å². The Hall–Kier alpha value is -2.43. The second kappa shape index (κ2) is 6.49. The molecule has 5 nitrogen and oxygen atoms in total. The molecule has 0 radical (unpaired) electrons. The van der Waals surface area contributed by atoms with E-state index in [1.807, 2.05) is 0 Å². The third-order valence-electron chi connectivity index (χ3n) is 2.55. The van der Waals surface area contributed by atoms with Crippen LogP contribution in [0.2, 0.25) is 0 Å². The molecule has 0 atom stereocenters. The van der Waals surface area contributed by atoms with Crippen LogP contribution in [-0.2, 0) is 0 Å². The number of hydrogen-bond donors (Lipinski definition) is 2. The van der Waals surface area contributed by atoms with Gasteiger partial charge in [0.25, 0.3) is 5.91 Å². The molecule has 0 aliphatic rings. The highest BCUT2D eigenvalue weighted by Crippen LogP contribution is 2.15. The number of carbonyl (C=O) groups is 1. The van der Waals surface area contributed by atoms with Crippen molar-refractivity contribution in [3.63, 3.8) is 0 Å². The molecule has 0 spiro atoms. The van der Waals surface area contributed by atoms with Gasteiger partial charge in [0.15, 0.2) is 0 Å². The quantitative estimate of drug-likeness (QED) is 0.862. The molecule has 2 aromatic rings. The number of amides is 1. The van der Waals surface area contributed by atoms with Crippen LogP contribution in [0.1, 0.15) is 23.7 Å². The summed E-state index contributed by atoms with van der Waals surface area (Å²) in [5, 5.41) is 6.00. The average molecular weight is 256 g/mol. The van der Waals surface area contributed by atoms with Gasteiger partial charge < -0.3 is 10.6 Å². The Kier molecular flexibility index (Phi) is 4.44. The Labute approximate surface area is 112 Å². The van der Waals surface area contributed by atoms with E-state index in [0.717, 1.165) is 18.7 Å². The molecule has 0 bridgehead atoms. The van der Waals surface area contributed by atoms with E-state index in [1.165, 1.54) is 0 Å². The van der Waals surface area contributed by atoms with E-state index < -0.39 is 0 Å². The molecule has 0 saturated carbocycles. The van der Waals surface area contributed by atoms with Gasteiger partial charge in [0, 0.05) is 18.9 Å². The first kappa shape index (κ1) is 13.0. The van der Waals surface area contributed by atoms with Crippen molar-refractivity contribution in [3.8, 4) is 0 Å². The molecule has 0 saturated heterocycles. The Balaban J connectivity index is 2.14. The fourth-order valence-corrected chi connectivity index (χ4v) is 1.63. The number of aromatic nitrogens is 2. The Morgan fingerprint density at radius 3 is 2.79 bits per heavy atom. The lowest BCUT2D eigenvalue weighted by Gasteiger charge is -2.10. The van der Waals surface area contributed by atoms with Crippen molar-refractivity contribution in [1.82, 2.24) is 9.97 Å². The first-order valence-electron chi connectivity index (χ1n) is 6.20. The van der Waals surface area contributed by atoms with Crippen LogP contribution >= 0.6 is 0 Å². The summed E-state index contributed by atoms with van der Waals surface area (Å²) in [6.45, 7) is 2.87. The molecular weight excluding hydrogens is 240 g/mol. The molecular formula is C14H16N4O. The Bertz CT molecular complexity index is 542. The van der Waals surface area contributed by atoms with E-state index in [0.29, 0.717) is 11.3 Å². The summed E-state index contributed by atoms with van der Waals surface area (Å²) < 4.78 is 0. The molecule has 0 unspecified atom stereocenters. The van der Waals surface area contributed by atoms with E-state index in [2.05, 4.69) is 27.5 Å². The fraction of sp³-hybridized carbons (Fsp3) is 0.214. The van der Waals surface area contributed by atoms with E-state index in [-0.39, 0.29) is 5.91 Å². The minimum absolute atomic E-state index is 0.172. The molecule has 2 aromatic heterocycles. The first-order valence-corrected chi connectivity index (χ1v) is 6.20. The maximum Gasteiger partial charge on any atom is 0.257 e. The van der Waals surface area contributed by atoms with Crippen LogP contribution < -0.4 is 10.6 Å². The predicted octanol–water partition coefficient (Wildman–Crippen LogP) is 2.55. The maximum atomic E-state index is 12.2. The number of anilines is 2. The summed E-state index contributed by atoms with van der Waals surface area (Å²) in [5.41, 5.74) is 1.99. The number of carbonyl (C=O) groups excluding carboxylic acids is 1. The van der Waals surface area contributed by atoms with E-state index in [1.54, 1.807) is 43.0 Å².